The fraction of sp³-hybridized carbons (Fsp3) is 0.611. The van der Waals surface area contributed by atoms with Crippen LogP contribution in [0.4, 0.5) is 4.79 Å². The molecule has 2 heterocycles. The van der Waals surface area contributed by atoms with Crippen molar-refractivity contribution in [1.29, 1.82) is 0 Å². The van der Waals surface area contributed by atoms with E-state index in [4.69, 9.17) is 9.47 Å². The van der Waals surface area contributed by atoms with Gasteiger partial charge in [0, 0.05) is 32.7 Å². The van der Waals surface area contributed by atoms with Gasteiger partial charge in [-0.1, -0.05) is 12.1 Å². The number of nitrogens with zero attached hydrogens (tertiary/aromatic N) is 2. The van der Waals surface area contributed by atoms with Crippen molar-refractivity contribution in [3.05, 3.63) is 29.8 Å². The first-order chi connectivity index (χ1) is 11.8. The number of ether oxygens (including phenoxy) is 2. The normalized spacial score (nSPS) is 21.7. The first-order valence-electron chi connectivity index (χ1n) is 8.76. The molecule has 3 rings (SSSR count). The van der Waals surface area contributed by atoms with E-state index in [9.17, 15) is 4.79 Å². The van der Waals surface area contributed by atoms with Gasteiger partial charge in [0.2, 0.25) is 0 Å². The third-order valence-electron chi connectivity index (χ3n) is 4.82. The van der Waals surface area contributed by atoms with Gasteiger partial charge in [-0.25, -0.2) is 4.79 Å². The summed E-state index contributed by atoms with van der Waals surface area (Å²) in [6.07, 6.45) is 2.07. The summed E-state index contributed by atoms with van der Waals surface area (Å²) in [6, 6.07) is 8.25. The lowest BCUT2D eigenvalue weighted by Gasteiger charge is -2.28. The number of rotatable bonds is 5. The number of carbonyl (C=O) groups is 1. The fourth-order valence-corrected chi connectivity index (χ4v) is 3.43. The second kappa shape index (κ2) is 8.35. The Morgan fingerprint density at radius 1 is 1.25 bits per heavy atom. The summed E-state index contributed by atoms with van der Waals surface area (Å²) in [4.78, 5) is 16.8. The molecule has 0 aliphatic carbocycles. The van der Waals surface area contributed by atoms with E-state index in [-0.39, 0.29) is 12.1 Å². The number of benzene rings is 1. The van der Waals surface area contributed by atoms with Crippen molar-refractivity contribution in [2.45, 2.75) is 18.9 Å². The molecule has 2 aliphatic rings. The van der Waals surface area contributed by atoms with Crippen molar-refractivity contribution < 1.29 is 14.3 Å². The average Bonchev–Trinajstić information content (AvgIpc) is 3.12. The number of morpholine rings is 1. The topological polar surface area (TPSA) is 54.0 Å². The molecule has 2 fully saturated rings. The number of hydrogen-bond donors (Lipinski definition) is 1. The van der Waals surface area contributed by atoms with Crippen LogP contribution in [0.5, 0.6) is 5.75 Å². The molecule has 0 bridgehead atoms. The summed E-state index contributed by atoms with van der Waals surface area (Å²) in [5.74, 6) is 0.846. The minimum atomic E-state index is 0.0431. The second-order valence-corrected chi connectivity index (χ2v) is 6.31. The van der Waals surface area contributed by atoms with Crippen LogP contribution in [0, 0.1) is 0 Å². The molecule has 6 heteroatoms. The van der Waals surface area contributed by atoms with E-state index in [1.165, 1.54) is 5.56 Å². The Kier molecular flexibility index (Phi) is 5.93. The molecule has 1 unspecified atom stereocenters. The second-order valence-electron chi connectivity index (χ2n) is 6.31. The van der Waals surface area contributed by atoms with Gasteiger partial charge in [0.05, 0.1) is 26.4 Å². The van der Waals surface area contributed by atoms with Crippen LogP contribution < -0.4 is 10.1 Å². The highest BCUT2D eigenvalue weighted by molar-refractivity contribution is 5.75. The van der Waals surface area contributed by atoms with E-state index in [0.717, 1.165) is 58.0 Å². The number of urea groups is 1. The summed E-state index contributed by atoms with van der Waals surface area (Å²) in [6.45, 7) is 5.88. The van der Waals surface area contributed by atoms with Gasteiger partial charge in [0.15, 0.2) is 0 Å². The number of methoxy groups -OCH3 is 1. The van der Waals surface area contributed by atoms with Crippen molar-refractivity contribution in [2.24, 2.45) is 0 Å². The van der Waals surface area contributed by atoms with E-state index in [1.54, 1.807) is 7.11 Å². The van der Waals surface area contributed by atoms with Crippen LogP contribution in [0.15, 0.2) is 24.3 Å². The van der Waals surface area contributed by atoms with Gasteiger partial charge >= 0.3 is 6.03 Å². The lowest BCUT2D eigenvalue weighted by Crippen LogP contribution is -2.45. The van der Waals surface area contributed by atoms with Crippen LogP contribution in [-0.2, 0) is 4.74 Å². The Bertz CT molecular complexity index is 529. The molecule has 6 nitrogen and oxygen atoms in total. The van der Waals surface area contributed by atoms with E-state index in [1.807, 2.05) is 17.0 Å². The Morgan fingerprint density at radius 2 is 2.00 bits per heavy atom. The van der Waals surface area contributed by atoms with Crippen LogP contribution >= 0.6 is 0 Å². The first-order valence-corrected chi connectivity index (χ1v) is 8.76. The molecule has 0 saturated carbocycles. The minimum absolute atomic E-state index is 0.0431. The molecule has 1 aromatic rings. The highest BCUT2D eigenvalue weighted by atomic mass is 16.5. The van der Waals surface area contributed by atoms with Crippen LogP contribution in [0.25, 0.3) is 0 Å². The number of likely N-dealkylation sites (tertiary alicyclic amines) is 1. The third-order valence-corrected chi connectivity index (χ3v) is 4.82. The third kappa shape index (κ3) is 4.19. The molecule has 24 heavy (non-hydrogen) atoms. The molecule has 1 atom stereocenters. The summed E-state index contributed by atoms with van der Waals surface area (Å²) in [7, 11) is 1.67. The van der Waals surface area contributed by atoms with E-state index >= 15 is 0 Å². The SMILES string of the molecule is COc1ccc(C2CCCN2C(=O)NCCN2CCOCC2)cc1. The number of hydrogen-bond acceptors (Lipinski definition) is 4. The Labute approximate surface area is 143 Å². The van der Waals surface area contributed by atoms with Crippen molar-refractivity contribution in [2.75, 3.05) is 53.0 Å². The van der Waals surface area contributed by atoms with Crippen LogP contribution in [0.1, 0.15) is 24.4 Å². The predicted molar refractivity (Wildman–Crippen MR) is 92.3 cm³/mol. The Morgan fingerprint density at radius 3 is 2.71 bits per heavy atom. The molecule has 2 saturated heterocycles. The van der Waals surface area contributed by atoms with Gasteiger partial charge in [-0.2, -0.15) is 0 Å². The van der Waals surface area contributed by atoms with E-state index in [2.05, 4.69) is 22.3 Å². The highest BCUT2D eigenvalue weighted by Crippen LogP contribution is 2.32. The zero-order valence-electron chi connectivity index (χ0n) is 14.4. The van der Waals surface area contributed by atoms with Crippen molar-refractivity contribution in [3.8, 4) is 5.75 Å². The molecule has 0 aromatic heterocycles. The van der Waals surface area contributed by atoms with Gasteiger partial charge in [-0.3, -0.25) is 4.90 Å². The maximum atomic E-state index is 12.5. The van der Waals surface area contributed by atoms with E-state index < -0.39 is 0 Å². The summed E-state index contributed by atoms with van der Waals surface area (Å²) < 4.78 is 10.6. The quantitative estimate of drug-likeness (QED) is 0.894. The highest BCUT2D eigenvalue weighted by Gasteiger charge is 2.29. The monoisotopic (exact) mass is 333 g/mol. The van der Waals surface area contributed by atoms with Crippen LogP contribution in [0.2, 0.25) is 0 Å². The number of amides is 2. The summed E-state index contributed by atoms with van der Waals surface area (Å²) in [5, 5.41) is 3.07. The molecule has 0 radical (unpaired) electrons. The van der Waals surface area contributed by atoms with Gasteiger partial charge in [0.25, 0.3) is 0 Å². The molecule has 132 valence electrons. The smallest absolute Gasteiger partial charge is 0.317 e. The zero-order chi connectivity index (χ0) is 16.8. The fourth-order valence-electron chi connectivity index (χ4n) is 3.43. The molecular formula is C18H27N3O3. The molecular weight excluding hydrogens is 306 g/mol. The average molecular weight is 333 g/mol. The minimum Gasteiger partial charge on any atom is -0.497 e. The molecule has 0 spiro atoms. The largest absolute Gasteiger partial charge is 0.497 e. The van der Waals surface area contributed by atoms with Crippen molar-refractivity contribution in [3.63, 3.8) is 0 Å². The lowest BCUT2D eigenvalue weighted by molar-refractivity contribution is 0.0385. The molecule has 2 aliphatic heterocycles. The first kappa shape index (κ1) is 17.0. The molecule has 1 aromatic carbocycles. The van der Waals surface area contributed by atoms with Crippen LogP contribution in [-0.4, -0.2) is 68.9 Å². The predicted octanol–water partition coefficient (Wildman–Crippen LogP) is 1.87. The molecule has 2 amide bonds. The molecule has 1 N–H and O–H groups in total. The van der Waals surface area contributed by atoms with Crippen molar-refractivity contribution >= 4 is 6.03 Å². The number of carbonyl (C=O) groups excluding carboxylic acids is 1. The standard InChI is InChI=1S/C18H27N3O3/c1-23-16-6-4-15(5-7-16)17-3-2-9-21(17)18(22)19-8-10-20-11-13-24-14-12-20/h4-7,17H,2-3,8-14H2,1H3,(H,19,22). The Hall–Kier alpha value is -1.79. The van der Waals surface area contributed by atoms with Crippen molar-refractivity contribution in [1.82, 2.24) is 15.1 Å². The summed E-state index contributed by atoms with van der Waals surface area (Å²) >= 11 is 0. The van der Waals surface area contributed by atoms with Gasteiger partial charge < -0.3 is 19.7 Å². The van der Waals surface area contributed by atoms with Gasteiger partial charge in [-0.15, -0.1) is 0 Å². The number of nitrogens with one attached hydrogen (secondary N) is 1. The summed E-state index contributed by atoms with van der Waals surface area (Å²) in [5.41, 5.74) is 1.18. The van der Waals surface area contributed by atoms with E-state index in [0.29, 0.717) is 6.54 Å². The maximum Gasteiger partial charge on any atom is 0.317 e. The maximum absolute atomic E-state index is 12.5. The van der Waals surface area contributed by atoms with Gasteiger partial charge in [-0.05, 0) is 30.5 Å². The zero-order valence-corrected chi connectivity index (χ0v) is 14.4. The van der Waals surface area contributed by atoms with Gasteiger partial charge in [0.1, 0.15) is 5.75 Å². The van der Waals surface area contributed by atoms with Crippen LogP contribution in [0.3, 0.4) is 0 Å². The lowest BCUT2D eigenvalue weighted by atomic mass is 10.0. The Balaban J connectivity index is 1.51.